The van der Waals surface area contributed by atoms with E-state index in [1.165, 1.54) is 0 Å². The van der Waals surface area contributed by atoms with Gasteiger partial charge in [-0.05, 0) is 31.2 Å². The van der Waals surface area contributed by atoms with Gasteiger partial charge in [0.25, 0.3) is 0 Å². The maximum Gasteiger partial charge on any atom is 0.146 e. The van der Waals surface area contributed by atoms with E-state index in [9.17, 15) is 0 Å². The molecule has 2 aromatic carbocycles. The zero-order chi connectivity index (χ0) is 19.2. The van der Waals surface area contributed by atoms with Gasteiger partial charge in [-0.15, -0.1) is 0 Å². The first-order valence-corrected chi connectivity index (χ1v) is 8.37. The van der Waals surface area contributed by atoms with Crippen LogP contribution in [0.25, 0.3) is 0 Å². The van der Waals surface area contributed by atoms with Gasteiger partial charge in [-0.25, -0.2) is 9.97 Å². The smallest absolute Gasteiger partial charge is 0.146 e. The third-order valence-electron chi connectivity index (χ3n) is 3.85. The van der Waals surface area contributed by atoms with Crippen LogP contribution in [0.2, 0.25) is 0 Å². The summed E-state index contributed by atoms with van der Waals surface area (Å²) in [5, 5.41) is 6.54. The van der Waals surface area contributed by atoms with Gasteiger partial charge in [0.05, 0.1) is 27.0 Å². The third kappa shape index (κ3) is 4.58. The van der Waals surface area contributed by atoms with Crippen LogP contribution in [0, 0.1) is 6.92 Å². The van der Waals surface area contributed by atoms with Crippen LogP contribution in [0.1, 0.15) is 5.82 Å². The fraction of sp³-hybridized carbons (Fsp3) is 0.200. The lowest BCUT2D eigenvalue weighted by atomic mass is 10.2. The third-order valence-corrected chi connectivity index (χ3v) is 3.85. The van der Waals surface area contributed by atoms with Gasteiger partial charge in [-0.2, -0.15) is 0 Å². The van der Waals surface area contributed by atoms with Crippen molar-refractivity contribution in [2.24, 2.45) is 0 Å². The number of aromatic nitrogens is 2. The first-order valence-electron chi connectivity index (χ1n) is 8.37. The molecule has 0 saturated heterocycles. The van der Waals surface area contributed by atoms with Crippen molar-refractivity contribution in [1.82, 2.24) is 9.97 Å². The van der Waals surface area contributed by atoms with E-state index in [1.54, 1.807) is 21.3 Å². The molecule has 3 aromatic rings. The average molecular weight is 366 g/mol. The molecular formula is C20H22N4O3. The molecule has 27 heavy (non-hydrogen) atoms. The van der Waals surface area contributed by atoms with Gasteiger partial charge >= 0.3 is 0 Å². The van der Waals surface area contributed by atoms with Crippen molar-refractivity contribution in [3.05, 3.63) is 54.4 Å². The highest BCUT2D eigenvalue weighted by Crippen LogP contribution is 2.31. The summed E-state index contributed by atoms with van der Waals surface area (Å²) in [4.78, 5) is 8.89. The average Bonchev–Trinajstić information content (AvgIpc) is 2.68. The van der Waals surface area contributed by atoms with Crippen molar-refractivity contribution in [3.8, 4) is 17.2 Å². The summed E-state index contributed by atoms with van der Waals surface area (Å²) >= 11 is 0. The molecule has 7 heteroatoms. The summed E-state index contributed by atoms with van der Waals surface area (Å²) in [5.74, 6) is 4.11. The molecule has 140 valence electrons. The number of hydrogen-bond acceptors (Lipinski definition) is 7. The molecular weight excluding hydrogens is 344 g/mol. The maximum atomic E-state index is 5.43. The molecule has 0 radical (unpaired) electrons. The van der Waals surface area contributed by atoms with Crippen LogP contribution in [-0.4, -0.2) is 31.3 Å². The number of aryl methyl sites for hydroxylation is 1. The number of methoxy groups -OCH3 is 3. The Morgan fingerprint density at radius 3 is 2.15 bits per heavy atom. The summed E-state index contributed by atoms with van der Waals surface area (Å²) in [6.45, 7) is 1.84. The van der Waals surface area contributed by atoms with E-state index in [0.717, 1.165) is 22.9 Å². The number of hydrogen-bond donors (Lipinski definition) is 2. The second-order valence-electron chi connectivity index (χ2n) is 5.73. The number of nitrogens with one attached hydrogen (secondary N) is 2. The Labute approximate surface area is 158 Å². The molecule has 0 aliphatic heterocycles. The molecule has 0 bridgehead atoms. The molecule has 3 rings (SSSR count). The van der Waals surface area contributed by atoms with E-state index in [0.29, 0.717) is 23.2 Å². The Bertz CT molecular complexity index is 931. The highest BCUT2D eigenvalue weighted by molar-refractivity contribution is 5.68. The first-order chi connectivity index (χ1) is 13.1. The summed E-state index contributed by atoms with van der Waals surface area (Å²) in [6.07, 6.45) is 0. The molecule has 0 aliphatic rings. The van der Waals surface area contributed by atoms with Crippen LogP contribution in [0.5, 0.6) is 17.2 Å². The second kappa shape index (κ2) is 8.27. The van der Waals surface area contributed by atoms with Gasteiger partial charge < -0.3 is 24.8 Å². The molecule has 0 amide bonds. The molecule has 1 heterocycles. The molecule has 0 atom stereocenters. The second-order valence-corrected chi connectivity index (χ2v) is 5.73. The van der Waals surface area contributed by atoms with E-state index in [1.807, 2.05) is 55.5 Å². The SMILES string of the molecule is COc1cccc(Nc2cc(Nc3ccc(OC)cc3OC)nc(C)n2)c1. The van der Waals surface area contributed by atoms with Crippen molar-refractivity contribution < 1.29 is 14.2 Å². The van der Waals surface area contributed by atoms with E-state index in [-0.39, 0.29) is 0 Å². The topological polar surface area (TPSA) is 77.5 Å². The van der Waals surface area contributed by atoms with Gasteiger partial charge in [0.15, 0.2) is 0 Å². The van der Waals surface area contributed by atoms with Crippen molar-refractivity contribution in [3.63, 3.8) is 0 Å². The zero-order valence-corrected chi connectivity index (χ0v) is 15.7. The van der Waals surface area contributed by atoms with E-state index in [2.05, 4.69) is 20.6 Å². The Hall–Kier alpha value is -3.48. The van der Waals surface area contributed by atoms with Gasteiger partial charge in [-0.3, -0.25) is 0 Å². The predicted molar refractivity (Wildman–Crippen MR) is 106 cm³/mol. The van der Waals surface area contributed by atoms with Crippen LogP contribution in [0.4, 0.5) is 23.0 Å². The lowest BCUT2D eigenvalue weighted by molar-refractivity contribution is 0.395. The quantitative estimate of drug-likeness (QED) is 0.645. The molecule has 0 fully saturated rings. The molecule has 1 aromatic heterocycles. The number of anilines is 4. The minimum atomic E-state index is 0.637. The molecule has 7 nitrogen and oxygen atoms in total. The van der Waals surface area contributed by atoms with Crippen LogP contribution in [0.15, 0.2) is 48.5 Å². The Balaban J connectivity index is 1.85. The van der Waals surface area contributed by atoms with E-state index < -0.39 is 0 Å². The van der Waals surface area contributed by atoms with Crippen molar-refractivity contribution in [2.75, 3.05) is 32.0 Å². The largest absolute Gasteiger partial charge is 0.497 e. The Morgan fingerprint density at radius 1 is 0.741 bits per heavy atom. The van der Waals surface area contributed by atoms with Crippen LogP contribution >= 0.6 is 0 Å². The van der Waals surface area contributed by atoms with Gasteiger partial charge in [0, 0.05) is 23.9 Å². The van der Waals surface area contributed by atoms with Gasteiger partial charge in [0.2, 0.25) is 0 Å². The van der Waals surface area contributed by atoms with Crippen molar-refractivity contribution in [1.29, 1.82) is 0 Å². The van der Waals surface area contributed by atoms with E-state index in [4.69, 9.17) is 14.2 Å². The zero-order valence-electron chi connectivity index (χ0n) is 15.7. The minimum absolute atomic E-state index is 0.637. The number of ether oxygens (including phenoxy) is 3. The summed E-state index contributed by atoms with van der Waals surface area (Å²) in [5.41, 5.74) is 1.66. The Morgan fingerprint density at radius 2 is 1.44 bits per heavy atom. The fourth-order valence-electron chi connectivity index (χ4n) is 2.58. The summed E-state index contributed by atoms with van der Waals surface area (Å²) in [7, 11) is 4.87. The number of rotatable bonds is 7. The van der Waals surface area contributed by atoms with Gasteiger partial charge in [-0.1, -0.05) is 6.07 Å². The molecule has 0 saturated carbocycles. The lowest BCUT2D eigenvalue weighted by Crippen LogP contribution is -2.02. The Kier molecular flexibility index (Phi) is 5.61. The monoisotopic (exact) mass is 366 g/mol. The molecule has 2 N–H and O–H groups in total. The standard InChI is InChI=1S/C20H22N4O3/c1-13-21-19(23-14-6-5-7-15(10-14)25-2)12-20(22-13)24-17-9-8-16(26-3)11-18(17)27-4/h5-12H,1-4H3,(H2,21,22,23,24). The van der Waals surface area contributed by atoms with Crippen LogP contribution in [0.3, 0.4) is 0 Å². The van der Waals surface area contributed by atoms with Crippen molar-refractivity contribution in [2.45, 2.75) is 6.92 Å². The number of benzene rings is 2. The molecule has 0 aliphatic carbocycles. The van der Waals surface area contributed by atoms with Crippen LogP contribution in [-0.2, 0) is 0 Å². The summed E-state index contributed by atoms with van der Waals surface area (Å²) < 4.78 is 15.9. The van der Waals surface area contributed by atoms with Crippen LogP contribution < -0.4 is 24.8 Å². The highest BCUT2D eigenvalue weighted by atomic mass is 16.5. The number of nitrogens with zero attached hydrogens (tertiary/aromatic N) is 2. The van der Waals surface area contributed by atoms with E-state index >= 15 is 0 Å². The fourth-order valence-corrected chi connectivity index (χ4v) is 2.58. The summed E-state index contributed by atoms with van der Waals surface area (Å²) in [6, 6.07) is 15.0. The molecule has 0 unspecified atom stereocenters. The van der Waals surface area contributed by atoms with Crippen molar-refractivity contribution >= 4 is 23.0 Å². The normalized spacial score (nSPS) is 10.2. The predicted octanol–water partition coefficient (Wildman–Crippen LogP) is 4.30. The first kappa shape index (κ1) is 18.3. The van der Waals surface area contributed by atoms with Gasteiger partial charge in [0.1, 0.15) is 34.7 Å². The maximum absolute atomic E-state index is 5.43. The lowest BCUT2D eigenvalue weighted by Gasteiger charge is -2.14. The highest BCUT2D eigenvalue weighted by Gasteiger charge is 2.08. The molecule has 0 spiro atoms. The minimum Gasteiger partial charge on any atom is -0.497 e.